The van der Waals surface area contributed by atoms with Crippen molar-refractivity contribution in [1.82, 2.24) is 9.80 Å². The maximum atomic E-state index is 13.3. The van der Waals surface area contributed by atoms with Gasteiger partial charge >= 0.3 is 11.9 Å². The molecule has 3 heterocycles. The van der Waals surface area contributed by atoms with Crippen molar-refractivity contribution in [3.8, 4) is 0 Å². The molecule has 0 radical (unpaired) electrons. The fourth-order valence-corrected chi connectivity index (χ4v) is 6.11. The zero-order valence-corrected chi connectivity index (χ0v) is 28.0. The van der Waals surface area contributed by atoms with Crippen molar-refractivity contribution in [2.24, 2.45) is 16.8 Å². The van der Waals surface area contributed by atoms with Crippen molar-refractivity contribution in [2.75, 3.05) is 32.8 Å². The van der Waals surface area contributed by atoms with Crippen LogP contribution in [0.3, 0.4) is 0 Å². The Morgan fingerprint density at radius 1 is 1.11 bits per heavy atom. The molecule has 1 aromatic heterocycles. The fraction of sp³-hybridized carbons (Fsp3) is 0.531. The zero-order valence-electron chi connectivity index (χ0n) is 26.4. The van der Waals surface area contributed by atoms with E-state index < -0.39 is 24.4 Å². The van der Waals surface area contributed by atoms with Gasteiger partial charge in [-0.25, -0.2) is 0 Å². The number of pyridine rings is 1. The third kappa shape index (κ3) is 9.47. The summed E-state index contributed by atoms with van der Waals surface area (Å²) in [5, 5.41) is 32.6. The monoisotopic (exact) mass is 689 g/mol. The Kier molecular flexibility index (Phi) is 12.9. The summed E-state index contributed by atoms with van der Waals surface area (Å²) >= 11 is 3.52. The Morgan fingerprint density at radius 2 is 1.71 bits per heavy atom. The molecule has 2 aromatic rings. The summed E-state index contributed by atoms with van der Waals surface area (Å²) in [6.07, 6.45) is 4.86. The minimum Gasteiger partial charge on any atom is -0.618 e. The topological polar surface area (TPSA) is 173 Å². The van der Waals surface area contributed by atoms with E-state index in [9.17, 15) is 19.6 Å². The number of nitrogens with two attached hydrogens (primary N) is 1. The fourth-order valence-electron chi connectivity index (χ4n) is 5.85. The summed E-state index contributed by atoms with van der Waals surface area (Å²) in [6.45, 7) is 11.9. The van der Waals surface area contributed by atoms with Crippen LogP contribution >= 0.6 is 15.9 Å². The van der Waals surface area contributed by atoms with Gasteiger partial charge in [0.1, 0.15) is 18.2 Å². The molecule has 2 aliphatic heterocycles. The number of hydrogen-bond acceptors (Lipinski definition) is 8. The van der Waals surface area contributed by atoms with Crippen LogP contribution in [0.1, 0.15) is 73.1 Å². The third-order valence-corrected chi connectivity index (χ3v) is 9.21. The van der Waals surface area contributed by atoms with Crippen LogP contribution in [0.5, 0.6) is 0 Å². The van der Waals surface area contributed by atoms with Crippen LogP contribution in [-0.4, -0.2) is 87.9 Å². The maximum Gasteiger partial charge on any atom is 0.321 e. The molecular weight excluding hydrogens is 646 g/mol. The van der Waals surface area contributed by atoms with E-state index in [4.69, 9.17) is 20.8 Å². The smallest absolute Gasteiger partial charge is 0.321 e. The molecule has 0 saturated carbocycles. The molecule has 4 N–H and O–H groups in total. The standard InChI is InChI=1S/C28H37BrN4O3.C4H7NO4/c1-5-36-30-26(22-6-8-24(29)9-7-22)23-11-15-32(16-12-23)28(4)13-18-31(19-14-28)27(34)25-20(2)10-17-33(35)21(25)3;5-2(4(8)9)1-3(6)7/h6-10,17,23H,5,11-16,18-19H2,1-4H3;2H,1,5H2,(H,6,7)(H,8,9)/b30-26-;/t;2-/m.0/s1. The number of nitrogens with zero attached hydrogens (tertiary/aromatic N) is 4. The first-order valence-electron chi connectivity index (χ1n) is 15.2. The molecule has 246 valence electrons. The Labute approximate surface area is 272 Å². The summed E-state index contributed by atoms with van der Waals surface area (Å²) < 4.78 is 1.84. The molecule has 0 unspecified atom stereocenters. The van der Waals surface area contributed by atoms with E-state index in [1.165, 1.54) is 6.20 Å². The number of rotatable bonds is 9. The molecule has 12 nitrogen and oxygen atoms in total. The van der Waals surface area contributed by atoms with Crippen molar-refractivity contribution < 1.29 is 34.2 Å². The van der Waals surface area contributed by atoms with Gasteiger partial charge in [-0.3, -0.25) is 19.3 Å². The minimum atomic E-state index is -1.29. The maximum absolute atomic E-state index is 13.3. The number of halogens is 1. The van der Waals surface area contributed by atoms with Crippen LogP contribution in [0.15, 0.2) is 46.2 Å². The van der Waals surface area contributed by atoms with Gasteiger partial charge in [0, 0.05) is 42.0 Å². The lowest BCUT2D eigenvalue weighted by Crippen LogP contribution is -2.57. The molecule has 1 amide bonds. The van der Waals surface area contributed by atoms with Crippen molar-refractivity contribution in [3.63, 3.8) is 0 Å². The first kappa shape index (κ1) is 35.9. The normalized spacial score (nSPS) is 18.0. The van der Waals surface area contributed by atoms with Gasteiger partial charge < -0.3 is 30.9 Å². The number of aliphatic carboxylic acids is 2. The van der Waals surface area contributed by atoms with Crippen LogP contribution in [0, 0.1) is 25.0 Å². The molecule has 45 heavy (non-hydrogen) atoms. The van der Waals surface area contributed by atoms with Crippen molar-refractivity contribution >= 4 is 39.5 Å². The van der Waals surface area contributed by atoms with Crippen molar-refractivity contribution in [1.29, 1.82) is 0 Å². The number of carboxylic acids is 2. The average Bonchev–Trinajstić information content (AvgIpc) is 3.01. The van der Waals surface area contributed by atoms with Crippen molar-refractivity contribution in [3.05, 3.63) is 68.6 Å². The number of hydrogen-bond donors (Lipinski definition) is 3. The van der Waals surface area contributed by atoms with Gasteiger partial charge in [0.25, 0.3) is 5.91 Å². The molecular formula is C32H44BrN5O7. The predicted molar refractivity (Wildman–Crippen MR) is 173 cm³/mol. The highest BCUT2D eigenvalue weighted by Gasteiger charge is 2.40. The quantitative estimate of drug-likeness (QED) is 0.154. The van der Waals surface area contributed by atoms with Gasteiger partial charge in [-0.05, 0) is 82.8 Å². The van der Waals surface area contributed by atoms with Crippen LogP contribution in [0.25, 0.3) is 0 Å². The molecule has 4 rings (SSSR count). The minimum absolute atomic E-state index is 0.0257. The number of carbonyl (C=O) groups excluding carboxylic acids is 1. The highest BCUT2D eigenvalue weighted by Crippen LogP contribution is 2.34. The third-order valence-electron chi connectivity index (χ3n) is 8.68. The number of likely N-dealkylation sites (tertiary alicyclic amines) is 2. The molecule has 2 fully saturated rings. The highest BCUT2D eigenvalue weighted by atomic mass is 79.9. The Bertz CT molecular complexity index is 1370. The van der Waals surface area contributed by atoms with Gasteiger partial charge in [0.2, 0.25) is 5.69 Å². The lowest BCUT2D eigenvalue weighted by molar-refractivity contribution is -0.612. The predicted octanol–water partition coefficient (Wildman–Crippen LogP) is 3.72. The van der Waals surface area contributed by atoms with Gasteiger partial charge in [0.05, 0.1) is 12.1 Å². The van der Waals surface area contributed by atoms with Gasteiger partial charge in [-0.1, -0.05) is 33.2 Å². The van der Waals surface area contributed by atoms with E-state index in [-0.39, 0.29) is 11.4 Å². The number of piperidine rings is 2. The summed E-state index contributed by atoms with van der Waals surface area (Å²) in [6, 6.07) is 8.75. The summed E-state index contributed by atoms with van der Waals surface area (Å²) in [5.74, 6) is -2.16. The number of amides is 1. The first-order valence-corrected chi connectivity index (χ1v) is 16.0. The second kappa shape index (κ2) is 16.1. The first-order chi connectivity index (χ1) is 21.3. The molecule has 0 bridgehead atoms. The van der Waals surface area contributed by atoms with Crippen molar-refractivity contribution in [2.45, 2.75) is 71.4 Å². The Hall–Kier alpha value is -3.55. The second-order valence-electron chi connectivity index (χ2n) is 11.8. The largest absolute Gasteiger partial charge is 0.618 e. The number of aromatic nitrogens is 1. The molecule has 0 aliphatic carbocycles. The number of oxime groups is 1. The highest BCUT2D eigenvalue weighted by molar-refractivity contribution is 9.10. The summed E-state index contributed by atoms with van der Waals surface area (Å²) in [7, 11) is 0. The lowest BCUT2D eigenvalue weighted by Gasteiger charge is -2.49. The second-order valence-corrected chi connectivity index (χ2v) is 12.7. The van der Waals surface area contributed by atoms with Gasteiger partial charge in [-0.2, -0.15) is 4.73 Å². The van der Waals surface area contributed by atoms with E-state index >= 15 is 0 Å². The van der Waals surface area contributed by atoms with Gasteiger partial charge in [-0.15, -0.1) is 0 Å². The summed E-state index contributed by atoms with van der Waals surface area (Å²) in [4.78, 5) is 42.9. The van der Waals surface area contributed by atoms with E-state index in [2.05, 4.69) is 57.2 Å². The number of carboxylic acid groups (broad SMARTS) is 2. The molecule has 1 aromatic carbocycles. The van der Waals surface area contributed by atoms with Crippen LogP contribution in [-0.2, 0) is 14.4 Å². The summed E-state index contributed by atoms with van der Waals surface area (Å²) in [5.41, 5.74) is 8.94. The van der Waals surface area contributed by atoms with Crippen LogP contribution in [0.4, 0.5) is 0 Å². The van der Waals surface area contributed by atoms with Gasteiger partial charge in [0.15, 0.2) is 6.20 Å². The zero-order chi connectivity index (χ0) is 33.3. The molecule has 0 spiro atoms. The molecule has 1 atom stereocenters. The molecule has 2 saturated heterocycles. The average molecular weight is 691 g/mol. The Morgan fingerprint density at radius 3 is 2.22 bits per heavy atom. The number of benzene rings is 1. The number of carbonyl (C=O) groups is 3. The van der Waals surface area contributed by atoms with E-state index in [0.29, 0.717) is 36.9 Å². The lowest BCUT2D eigenvalue weighted by atomic mass is 9.82. The van der Waals surface area contributed by atoms with E-state index in [0.717, 1.165) is 64.8 Å². The Balaban J connectivity index is 0.000000535. The van der Waals surface area contributed by atoms with E-state index in [1.807, 2.05) is 18.7 Å². The molecule has 2 aliphatic rings. The molecule has 13 heteroatoms. The van der Waals surface area contributed by atoms with Crippen LogP contribution < -0.4 is 10.5 Å². The SMILES string of the molecule is CCO/N=C(/c1ccc(Br)cc1)C1CCN(C2(C)CCN(C(=O)c3c(C)cc[n+]([O-])c3C)CC2)CC1.N[C@@H](CC(=O)O)C(=O)O. The van der Waals surface area contributed by atoms with Crippen LogP contribution in [0.2, 0.25) is 0 Å². The van der Waals surface area contributed by atoms with E-state index in [1.54, 1.807) is 13.0 Å². The number of aryl methyl sites for hydroxylation is 1.